The second-order valence-electron chi connectivity index (χ2n) is 4.39. The first-order chi connectivity index (χ1) is 7.78. The van der Waals surface area contributed by atoms with Gasteiger partial charge in [-0.15, -0.1) is 0 Å². The fraction of sp³-hybridized carbons (Fsp3) is 0.455. The number of furan rings is 1. The fourth-order valence-electron chi connectivity index (χ4n) is 1.97. The van der Waals surface area contributed by atoms with Crippen LogP contribution in [0, 0.1) is 0 Å². The van der Waals surface area contributed by atoms with Gasteiger partial charge in [0.15, 0.2) is 5.76 Å². The van der Waals surface area contributed by atoms with Crippen LogP contribution in [0.4, 0.5) is 0 Å². The molecule has 0 aromatic carbocycles. The molecule has 1 atom stereocenters. The zero-order chi connectivity index (χ0) is 11.0. The lowest BCUT2D eigenvalue weighted by Crippen LogP contribution is -2.25. The lowest BCUT2D eigenvalue weighted by atomic mass is 9.90. The van der Waals surface area contributed by atoms with E-state index in [9.17, 15) is 0 Å². The Labute approximate surface area is 92.8 Å². The van der Waals surface area contributed by atoms with Gasteiger partial charge in [-0.05, 0) is 32.0 Å². The number of nitrogens with one attached hydrogen (secondary N) is 1. The summed E-state index contributed by atoms with van der Waals surface area (Å²) in [6, 6.07) is 3.63. The SMILES string of the molecule is CC1(c2nc(-c3ccco3)no2)CCNC1. The average Bonchev–Trinajstić information content (AvgIpc) is 2.98. The molecule has 1 N–H and O–H groups in total. The summed E-state index contributed by atoms with van der Waals surface area (Å²) >= 11 is 0. The molecule has 0 aliphatic carbocycles. The third-order valence-corrected chi connectivity index (χ3v) is 3.05. The van der Waals surface area contributed by atoms with E-state index in [1.54, 1.807) is 6.26 Å². The van der Waals surface area contributed by atoms with Gasteiger partial charge in [0, 0.05) is 6.54 Å². The number of nitrogens with zero attached hydrogens (tertiary/aromatic N) is 2. The summed E-state index contributed by atoms with van der Waals surface area (Å²) in [7, 11) is 0. The van der Waals surface area contributed by atoms with E-state index < -0.39 is 0 Å². The minimum absolute atomic E-state index is 0.0438. The van der Waals surface area contributed by atoms with Crippen molar-refractivity contribution in [1.82, 2.24) is 15.5 Å². The molecule has 0 saturated carbocycles. The van der Waals surface area contributed by atoms with Gasteiger partial charge in [-0.2, -0.15) is 4.98 Å². The lowest BCUT2D eigenvalue weighted by molar-refractivity contribution is 0.306. The average molecular weight is 219 g/mol. The van der Waals surface area contributed by atoms with Crippen molar-refractivity contribution in [1.29, 1.82) is 0 Å². The normalized spacial score (nSPS) is 25.1. The number of rotatable bonds is 2. The third-order valence-electron chi connectivity index (χ3n) is 3.05. The molecule has 1 saturated heterocycles. The molecule has 1 fully saturated rings. The molecule has 2 aromatic rings. The van der Waals surface area contributed by atoms with Crippen molar-refractivity contribution in [3.8, 4) is 11.6 Å². The fourth-order valence-corrected chi connectivity index (χ4v) is 1.97. The molecule has 3 rings (SSSR count). The van der Waals surface area contributed by atoms with Crippen LogP contribution in [-0.2, 0) is 5.41 Å². The topological polar surface area (TPSA) is 64.1 Å². The highest BCUT2D eigenvalue weighted by molar-refractivity contribution is 5.45. The van der Waals surface area contributed by atoms with E-state index in [4.69, 9.17) is 8.94 Å². The highest BCUT2D eigenvalue weighted by Crippen LogP contribution is 2.30. The molecule has 3 heterocycles. The Bertz CT molecular complexity index is 469. The summed E-state index contributed by atoms with van der Waals surface area (Å²) in [6.07, 6.45) is 2.62. The van der Waals surface area contributed by atoms with E-state index in [2.05, 4.69) is 22.4 Å². The number of hydrogen-bond acceptors (Lipinski definition) is 5. The highest BCUT2D eigenvalue weighted by Gasteiger charge is 2.36. The minimum atomic E-state index is -0.0438. The quantitative estimate of drug-likeness (QED) is 0.830. The Morgan fingerprint density at radius 1 is 1.50 bits per heavy atom. The molecule has 0 amide bonds. The molecule has 16 heavy (non-hydrogen) atoms. The van der Waals surface area contributed by atoms with Crippen molar-refractivity contribution < 1.29 is 8.94 Å². The van der Waals surface area contributed by atoms with E-state index in [1.165, 1.54) is 0 Å². The van der Waals surface area contributed by atoms with Gasteiger partial charge >= 0.3 is 0 Å². The molecule has 84 valence electrons. The second kappa shape index (κ2) is 3.45. The van der Waals surface area contributed by atoms with Gasteiger partial charge in [0.25, 0.3) is 0 Å². The largest absolute Gasteiger partial charge is 0.461 e. The predicted molar refractivity (Wildman–Crippen MR) is 56.8 cm³/mol. The van der Waals surface area contributed by atoms with Crippen molar-refractivity contribution in [2.45, 2.75) is 18.8 Å². The van der Waals surface area contributed by atoms with Gasteiger partial charge in [-0.3, -0.25) is 0 Å². The van der Waals surface area contributed by atoms with Crippen molar-refractivity contribution in [2.24, 2.45) is 0 Å². The second-order valence-corrected chi connectivity index (χ2v) is 4.39. The number of hydrogen-bond donors (Lipinski definition) is 1. The first-order valence-electron chi connectivity index (χ1n) is 5.37. The zero-order valence-corrected chi connectivity index (χ0v) is 9.06. The van der Waals surface area contributed by atoms with E-state index in [-0.39, 0.29) is 5.41 Å². The van der Waals surface area contributed by atoms with Gasteiger partial charge < -0.3 is 14.3 Å². The zero-order valence-electron chi connectivity index (χ0n) is 9.06. The highest BCUT2D eigenvalue weighted by atomic mass is 16.5. The van der Waals surface area contributed by atoms with Crippen molar-refractivity contribution >= 4 is 0 Å². The maximum absolute atomic E-state index is 5.31. The van der Waals surface area contributed by atoms with Gasteiger partial charge in [0.1, 0.15) is 0 Å². The van der Waals surface area contributed by atoms with Gasteiger partial charge in [-0.25, -0.2) is 0 Å². The Hall–Kier alpha value is -1.62. The van der Waals surface area contributed by atoms with Crippen LogP contribution in [-0.4, -0.2) is 23.2 Å². The summed E-state index contributed by atoms with van der Waals surface area (Å²) in [5.41, 5.74) is -0.0438. The van der Waals surface area contributed by atoms with Crippen LogP contribution in [0.3, 0.4) is 0 Å². The van der Waals surface area contributed by atoms with Crippen molar-refractivity contribution in [2.75, 3.05) is 13.1 Å². The lowest BCUT2D eigenvalue weighted by Gasteiger charge is -2.15. The molecule has 1 aliphatic rings. The first-order valence-corrected chi connectivity index (χ1v) is 5.37. The molecular weight excluding hydrogens is 206 g/mol. The summed E-state index contributed by atoms with van der Waals surface area (Å²) in [6.45, 7) is 4.01. The molecule has 5 nitrogen and oxygen atoms in total. The van der Waals surface area contributed by atoms with Crippen molar-refractivity contribution in [3.63, 3.8) is 0 Å². The van der Waals surface area contributed by atoms with E-state index >= 15 is 0 Å². The molecule has 0 radical (unpaired) electrons. The molecule has 0 bridgehead atoms. The summed E-state index contributed by atoms with van der Waals surface area (Å²) < 4.78 is 10.5. The monoisotopic (exact) mass is 219 g/mol. The van der Waals surface area contributed by atoms with Crippen LogP contribution in [0.2, 0.25) is 0 Å². The van der Waals surface area contributed by atoms with Crippen LogP contribution < -0.4 is 5.32 Å². The van der Waals surface area contributed by atoms with Crippen LogP contribution in [0.15, 0.2) is 27.3 Å². The van der Waals surface area contributed by atoms with Gasteiger partial charge in [-0.1, -0.05) is 5.16 Å². The number of aromatic nitrogens is 2. The van der Waals surface area contributed by atoms with Crippen LogP contribution in [0.5, 0.6) is 0 Å². The molecule has 0 spiro atoms. The molecule has 1 aliphatic heterocycles. The molecule has 1 unspecified atom stereocenters. The third kappa shape index (κ3) is 1.44. The van der Waals surface area contributed by atoms with Gasteiger partial charge in [0.05, 0.1) is 11.7 Å². The summed E-state index contributed by atoms with van der Waals surface area (Å²) in [5, 5.41) is 7.24. The van der Waals surface area contributed by atoms with E-state index in [1.807, 2.05) is 12.1 Å². The minimum Gasteiger partial charge on any atom is -0.461 e. The smallest absolute Gasteiger partial charge is 0.238 e. The van der Waals surface area contributed by atoms with Crippen LogP contribution >= 0.6 is 0 Å². The van der Waals surface area contributed by atoms with Gasteiger partial charge in [0.2, 0.25) is 11.7 Å². The summed E-state index contributed by atoms with van der Waals surface area (Å²) in [5.74, 6) is 1.85. The van der Waals surface area contributed by atoms with E-state index in [0.717, 1.165) is 19.5 Å². The molecule has 5 heteroatoms. The predicted octanol–water partition coefficient (Wildman–Crippen LogP) is 1.58. The Balaban J connectivity index is 1.93. The molecular formula is C11H13N3O2. The Kier molecular flexibility index (Phi) is 2.07. The first kappa shape index (κ1) is 9.59. The standard InChI is InChI=1S/C11H13N3O2/c1-11(4-5-12-7-11)10-13-9(14-16-10)8-3-2-6-15-8/h2-3,6,12H,4-5,7H2,1H3. The Morgan fingerprint density at radius 3 is 3.12 bits per heavy atom. The maximum Gasteiger partial charge on any atom is 0.238 e. The van der Waals surface area contributed by atoms with Crippen molar-refractivity contribution in [3.05, 3.63) is 24.3 Å². The summed E-state index contributed by atoms with van der Waals surface area (Å²) in [4.78, 5) is 4.39. The van der Waals surface area contributed by atoms with Crippen LogP contribution in [0.1, 0.15) is 19.2 Å². The maximum atomic E-state index is 5.31. The molecule has 2 aromatic heterocycles. The van der Waals surface area contributed by atoms with E-state index in [0.29, 0.717) is 17.5 Å². The van der Waals surface area contributed by atoms with Crippen LogP contribution in [0.25, 0.3) is 11.6 Å². The Morgan fingerprint density at radius 2 is 2.44 bits per heavy atom.